The zero-order valence-corrected chi connectivity index (χ0v) is 38.2. The fourth-order valence-electron chi connectivity index (χ4n) is 7.19. The summed E-state index contributed by atoms with van der Waals surface area (Å²) in [4.78, 5) is 27.9. The van der Waals surface area contributed by atoms with E-state index < -0.39 is 0 Å². The van der Waals surface area contributed by atoms with Crippen LogP contribution in [0, 0.1) is 13.8 Å². The Hall–Kier alpha value is -5.67. The second-order valence-electron chi connectivity index (χ2n) is 14.6. The highest BCUT2D eigenvalue weighted by atomic mass is 32.2. The highest BCUT2D eigenvalue weighted by molar-refractivity contribution is 8.00. The Balaban J connectivity index is 0.913. The van der Waals surface area contributed by atoms with E-state index in [1.165, 1.54) is 50.3 Å². The lowest BCUT2D eigenvalue weighted by Crippen LogP contribution is -2.05. The van der Waals surface area contributed by atoms with Crippen molar-refractivity contribution in [2.45, 2.75) is 62.8 Å². The highest BCUT2D eigenvalue weighted by Crippen LogP contribution is 2.40. The molecule has 1 unspecified atom stereocenters. The van der Waals surface area contributed by atoms with E-state index in [1.807, 2.05) is 30.3 Å². The molecule has 302 valence electrons. The molecular formula is C55H42O2S5+2. The molecule has 0 amide bonds. The van der Waals surface area contributed by atoms with Crippen LogP contribution in [0.5, 0.6) is 5.75 Å². The SMILES string of the molecule is Cc1cc([S+](c2ccccc2)c2ccccc2)ccc1Sc1ccc(C(=O)c2ccc(-c3cccc([S+](c4ccccc4)c4ccc(Sc5ccc(O)cc5)c(C)c4)c3)s2)cc1. The van der Waals surface area contributed by atoms with Crippen molar-refractivity contribution in [3.8, 4) is 16.2 Å². The van der Waals surface area contributed by atoms with E-state index in [1.54, 1.807) is 47.0 Å². The highest BCUT2D eigenvalue weighted by Gasteiger charge is 2.31. The number of thiophene rings is 1. The quantitative estimate of drug-likeness (QED) is 0.0924. The van der Waals surface area contributed by atoms with Gasteiger partial charge in [0.05, 0.1) is 26.7 Å². The minimum Gasteiger partial charge on any atom is -0.508 e. The van der Waals surface area contributed by atoms with Gasteiger partial charge in [-0.05, 0) is 170 Å². The maximum atomic E-state index is 13.9. The number of benzene rings is 8. The zero-order chi connectivity index (χ0) is 42.4. The van der Waals surface area contributed by atoms with E-state index >= 15 is 0 Å². The van der Waals surface area contributed by atoms with Crippen molar-refractivity contribution in [1.82, 2.24) is 0 Å². The molecule has 1 heterocycles. The van der Waals surface area contributed by atoms with Gasteiger partial charge in [0, 0.05) is 36.1 Å². The van der Waals surface area contributed by atoms with Gasteiger partial charge < -0.3 is 5.11 Å². The summed E-state index contributed by atoms with van der Waals surface area (Å²) in [6.07, 6.45) is 0. The van der Waals surface area contributed by atoms with Gasteiger partial charge in [-0.2, -0.15) is 0 Å². The van der Waals surface area contributed by atoms with Crippen molar-refractivity contribution < 1.29 is 9.90 Å². The Morgan fingerprint density at radius 2 is 0.903 bits per heavy atom. The van der Waals surface area contributed by atoms with E-state index in [0.29, 0.717) is 5.56 Å². The number of rotatable bonds is 13. The van der Waals surface area contributed by atoms with Crippen molar-refractivity contribution in [3.63, 3.8) is 0 Å². The number of hydrogen-bond acceptors (Lipinski definition) is 5. The number of aryl methyl sites for hydroxylation is 2. The molecule has 8 aromatic carbocycles. The molecule has 0 radical (unpaired) electrons. The molecule has 1 N–H and O–H groups in total. The molecule has 0 aliphatic rings. The number of hydrogen-bond donors (Lipinski definition) is 1. The summed E-state index contributed by atoms with van der Waals surface area (Å²) in [6.45, 7) is 4.35. The minimum absolute atomic E-state index is 0.0353. The average molecular weight is 895 g/mol. The average Bonchev–Trinajstić information content (AvgIpc) is 3.81. The van der Waals surface area contributed by atoms with Crippen LogP contribution in [0.4, 0.5) is 0 Å². The number of carbonyl (C=O) groups is 1. The molecule has 0 aliphatic carbocycles. The summed E-state index contributed by atoms with van der Waals surface area (Å²) in [5.74, 6) is 0.305. The second kappa shape index (κ2) is 19.2. The van der Waals surface area contributed by atoms with E-state index in [4.69, 9.17) is 0 Å². The predicted octanol–water partition coefficient (Wildman–Crippen LogP) is 15.5. The maximum Gasteiger partial charge on any atom is 0.202 e. The molecule has 1 atom stereocenters. The Morgan fingerprint density at radius 3 is 1.40 bits per heavy atom. The van der Waals surface area contributed by atoms with E-state index in [9.17, 15) is 9.90 Å². The number of phenolic OH excluding ortho intramolecular Hbond substituents is 1. The van der Waals surface area contributed by atoms with Crippen LogP contribution in [-0.4, -0.2) is 10.9 Å². The van der Waals surface area contributed by atoms with Crippen LogP contribution >= 0.6 is 34.9 Å². The smallest absolute Gasteiger partial charge is 0.202 e. The van der Waals surface area contributed by atoms with Crippen LogP contribution < -0.4 is 0 Å². The van der Waals surface area contributed by atoms with Crippen LogP contribution in [0.25, 0.3) is 10.4 Å². The summed E-state index contributed by atoms with van der Waals surface area (Å²) in [7, 11) is -0.539. The molecule has 0 fully saturated rings. The molecule has 62 heavy (non-hydrogen) atoms. The lowest BCUT2D eigenvalue weighted by molar-refractivity contribution is 0.104. The summed E-state index contributed by atoms with van der Waals surface area (Å²) in [5, 5.41) is 9.75. The fraction of sp³-hybridized carbons (Fsp3) is 0.0364. The van der Waals surface area contributed by atoms with Gasteiger partial charge in [-0.1, -0.05) is 90.3 Å². The first-order valence-corrected chi connectivity index (χ1v) is 25.1. The van der Waals surface area contributed by atoms with Gasteiger partial charge in [0.2, 0.25) is 5.78 Å². The molecule has 0 spiro atoms. The summed E-state index contributed by atoms with van der Waals surface area (Å²) < 4.78 is 0. The Kier molecular flexibility index (Phi) is 12.9. The first kappa shape index (κ1) is 41.7. The number of phenols is 1. The lowest BCUT2D eigenvalue weighted by atomic mass is 10.1. The number of ketones is 1. The summed E-state index contributed by atoms with van der Waals surface area (Å²) >= 11 is 4.98. The monoisotopic (exact) mass is 894 g/mol. The van der Waals surface area contributed by atoms with Crippen molar-refractivity contribution in [3.05, 3.63) is 234 Å². The van der Waals surface area contributed by atoms with Gasteiger partial charge in [0.1, 0.15) is 5.75 Å². The lowest BCUT2D eigenvalue weighted by Gasteiger charge is -2.12. The molecular weight excluding hydrogens is 853 g/mol. The molecule has 0 saturated carbocycles. The first-order valence-electron chi connectivity index (χ1n) is 20.2. The van der Waals surface area contributed by atoms with Crippen molar-refractivity contribution in [2.24, 2.45) is 0 Å². The maximum absolute atomic E-state index is 13.9. The van der Waals surface area contributed by atoms with Crippen molar-refractivity contribution >= 4 is 62.4 Å². The Morgan fingerprint density at radius 1 is 0.452 bits per heavy atom. The standard InChI is InChI=1S/C55H41O2S5/c1-38-35-49(61(45-14-6-3-7-15-45)46-16-8-4-9-17-46)29-31-51(38)58-43-25-21-40(22-26-43)55(57)54-34-33-53(60-54)41-13-12-20-48(37-41)62(47-18-10-5-11-19-47)50-30-32-52(39(2)36-50)59-44-27-23-42(56)24-28-44/h3-37H,1-2H3/q+1/p+1. The molecule has 9 aromatic rings. The molecule has 7 heteroatoms. The van der Waals surface area contributed by atoms with Gasteiger partial charge in [-0.15, -0.1) is 11.3 Å². The predicted molar refractivity (Wildman–Crippen MR) is 262 cm³/mol. The van der Waals surface area contributed by atoms with E-state index in [0.717, 1.165) is 25.1 Å². The second-order valence-corrected chi connectivity index (χ2v) is 22.0. The van der Waals surface area contributed by atoms with Gasteiger partial charge in [0.25, 0.3) is 0 Å². The van der Waals surface area contributed by atoms with Crippen molar-refractivity contribution in [1.29, 1.82) is 0 Å². The zero-order valence-electron chi connectivity index (χ0n) is 34.1. The van der Waals surface area contributed by atoms with Crippen LogP contribution in [0.2, 0.25) is 0 Å². The number of carbonyl (C=O) groups excluding carboxylic acids is 1. The van der Waals surface area contributed by atoms with Crippen LogP contribution in [-0.2, 0) is 21.8 Å². The van der Waals surface area contributed by atoms with Gasteiger partial charge in [-0.3, -0.25) is 4.79 Å². The molecule has 0 aliphatic heterocycles. The largest absolute Gasteiger partial charge is 0.508 e. The molecule has 9 rings (SSSR count). The van der Waals surface area contributed by atoms with Crippen LogP contribution in [0.15, 0.2) is 261 Å². The summed E-state index contributed by atoms with van der Waals surface area (Å²) in [5.41, 5.74) is 4.23. The van der Waals surface area contributed by atoms with Gasteiger partial charge >= 0.3 is 0 Å². The normalized spacial score (nSPS) is 11.7. The third-order valence-electron chi connectivity index (χ3n) is 10.3. The fourth-order valence-corrected chi connectivity index (χ4v) is 14.3. The van der Waals surface area contributed by atoms with Gasteiger partial charge in [0.15, 0.2) is 29.4 Å². The van der Waals surface area contributed by atoms with Crippen LogP contribution in [0.1, 0.15) is 26.4 Å². The minimum atomic E-state index is -0.343. The van der Waals surface area contributed by atoms with E-state index in [2.05, 4.69) is 184 Å². The molecule has 0 bridgehead atoms. The van der Waals surface area contributed by atoms with E-state index in [-0.39, 0.29) is 33.3 Å². The molecule has 0 saturated heterocycles. The summed E-state index contributed by atoms with van der Waals surface area (Å²) in [6, 6.07) is 74.0. The third kappa shape index (κ3) is 9.53. The Labute approximate surface area is 382 Å². The molecule has 2 nitrogen and oxygen atoms in total. The first-order chi connectivity index (χ1) is 30.4. The van der Waals surface area contributed by atoms with Crippen molar-refractivity contribution in [2.75, 3.05) is 0 Å². The van der Waals surface area contributed by atoms with Crippen LogP contribution in [0.3, 0.4) is 0 Å². The molecule has 1 aromatic heterocycles. The topological polar surface area (TPSA) is 37.3 Å². The Bertz CT molecular complexity index is 2910. The third-order valence-corrected chi connectivity index (χ3v) is 18.2. The number of aromatic hydroxyl groups is 1. The van der Waals surface area contributed by atoms with Gasteiger partial charge in [-0.25, -0.2) is 0 Å².